The Balaban J connectivity index is 1.29. The molecule has 31 heavy (non-hydrogen) atoms. The van der Waals surface area contributed by atoms with E-state index >= 15 is 0 Å². The Bertz CT molecular complexity index is 1160. The number of rotatable bonds is 6. The van der Waals surface area contributed by atoms with Crippen LogP contribution in [0.4, 0.5) is 5.13 Å². The molecular weight excluding hydrogens is 426 g/mol. The summed E-state index contributed by atoms with van der Waals surface area (Å²) in [6, 6.07) is 25.6. The molecule has 0 fully saturated rings. The van der Waals surface area contributed by atoms with Gasteiger partial charge in [0.1, 0.15) is 16.5 Å². The first-order valence-electron chi connectivity index (χ1n) is 9.88. The largest absolute Gasteiger partial charge is 0.457 e. The molecule has 154 valence electrons. The van der Waals surface area contributed by atoms with Gasteiger partial charge in [-0.25, -0.2) is 0 Å². The standard InChI is InChI=1S/C24H19N3O2S2/c28-23(22-17-10-4-6-12-19(17)29-20-13-7-5-11-18(20)22)25-24-27-26-21(31-24)15-30-14-16-8-2-1-3-9-16/h1-13,22H,14-15H2,(H,25,27,28). The molecule has 1 amide bonds. The van der Waals surface area contributed by atoms with Gasteiger partial charge in [0.25, 0.3) is 0 Å². The molecule has 0 unspecified atom stereocenters. The number of aromatic nitrogens is 2. The number of nitrogens with one attached hydrogen (secondary N) is 1. The molecule has 1 aromatic heterocycles. The van der Waals surface area contributed by atoms with Crippen LogP contribution in [0.25, 0.3) is 0 Å². The van der Waals surface area contributed by atoms with Crippen LogP contribution in [0, 0.1) is 0 Å². The van der Waals surface area contributed by atoms with Crippen molar-refractivity contribution in [1.29, 1.82) is 0 Å². The van der Waals surface area contributed by atoms with E-state index in [0.717, 1.165) is 27.6 Å². The fourth-order valence-electron chi connectivity index (χ4n) is 3.56. The predicted molar refractivity (Wildman–Crippen MR) is 125 cm³/mol. The van der Waals surface area contributed by atoms with Crippen molar-refractivity contribution < 1.29 is 9.53 Å². The molecule has 1 N–H and O–H groups in total. The molecule has 1 aliphatic rings. The number of ether oxygens (including phenoxy) is 1. The van der Waals surface area contributed by atoms with E-state index in [1.165, 1.54) is 16.9 Å². The number of nitrogens with zero attached hydrogens (tertiary/aromatic N) is 2. The van der Waals surface area contributed by atoms with Gasteiger partial charge in [0.15, 0.2) is 0 Å². The minimum atomic E-state index is -0.457. The number of amides is 1. The second-order valence-electron chi connectivity index (χ2n) is 7.08. The topological polar surface area (TPSA) is 64.1 Å². The maximum absolute atomic E-state index is 13.3. The van der Waals surface area contributed by atoms with E-state index in [4.69, 9.17) is 4.74 Å². The highest BCUT2D eigenvalue weighted by atomic mass is 32.2. The molecule has 1 aliphatic heterocycles. The number of anilines is 1. The lowest BCUT2D eigenvalue weighted by Gasteiger charge is -2.27. The Morgan fingerprint density at radius 2 is 1.52 bits per heavy atom. The van der Waals surface area contributed by atoms with Gasteiger partial charge >= 0.3 is 0 Å². The summed E-state index contributed by atoms with van der Waals surface area (Å²) in [6.45, 7) is 0. The van der Waals surface area contributed by atoms with Crippen LogP contribution in [0.3, 0.4) is 0 Å². The van der Waals surface area contributed by atoms with Crippen LogP contribution in [0.15, 0.2) is 78.9 Å². The molecule has 0 saturated heterocycles. The highest BCUT2D eigenvalue weighted by Crippen LogP contribution is 2.44. The monoisotopic (exact) mass is 445 g/mol. The van der Waals surface area contributed by atoms with Crippen LogP contribution in [-0.4, -0.2) is 16.1 Å². The van der Waals surface area contributed by atoms with Crippen molar-refractivity contribution in [2.75, 3.05) is 5.32 Å². The molecule has 7 heteroatoms. The Hall–Kier alpha value is -3.16. The minimum Gasteiger partial charge on any atom is -0.457 e. The van der Waals surface area contributed by atoms with Gasteiger partial charge in [-0.05, 0) is 17.7 Å². The summed E-state index contributed by atoms with van der Waals surface area (Å²) in [5.41, 5.74) is 2.98. The molecule has 0 spiro atoms. The van der Waals surface area contributed by atoms with E-state index in [2.05, 4.69) is 27.6 Å². The summed E-state index contributed by atoms with van der Waals surface area (Å²) in [5.74, 6) is 2.49. The summed E-state index contributed by atoms with van der Waals surface area (Å²) >= 11 is 3.20. The molecule has 0 radical (unpaired) electrons. The van der Waals surface area contributed by atoms with E-state index < -0.39 is 5.92 Å². The Morgan fingerprint density at radius 1 is 0.871 bits per heavy atom. The minimum absolute atomic E-state index is 0.136. The van der Waals surface area contributed by atoms with Gasteiger partial charge in [0, 0.05) is 22.6 Å². The highest BCUT2D eigenvalue weighted by Gasteiger charge is 2.32. The zero-order valence-corrected chi connectivity index (χ0v) is 18.2. The summed E-state index contributed by atoms with van der Waals surface area (Å²) in [7, 11) is 0. The molecule has 3 aromatic carbocycles. The van der Waals surface area contributed by atoms with Crippen molar-refractivity contribution in [3.63, 3.8) is 0 Å². The summed E-state index contributed by atoms with van der Waals surface area (Å²) in [4.78, 5) is 13.3. The Labute approximate surface area is 188 Å². The maximum Gasteiger partial charge on any atom is 0.238 e. The molecule has 2 heterocycles. The quantitative estimate of drug-likeness (QED) is 0.403. The van der Waals surface area contributed by atoms with Gasteiger partial charge in [-0.1, -0.05) is 78.1 Å². The van der Waals surface area contributed by atoms with Crippen LogP contribution in [0.2, 0.25) is 0 Å². The number of carbonyl (C=O) groups is 1. The zero-order chi connectivity index (χ0) is 21.0. The molecule has 0 saturated carbocycles. The lowest BCUT2D eigenvalue weighted by Crippen LogP contribution is -2.25. The van der Waals surface area contributed by atoms with Crippen LogP contribution >= 0.6 is 23.1 Å². The van der Waals surface area contributed by atoms with Gasteiger partial charge in [-0.2, -0.15) is 0 Å². The molecule has 4 aromatic rings. The normalized spacial score (nSPS) is 12.5. The van der Waals surface area contributed by atoms with Crippen LogP contribution in [0.5, 0.6) is 11.5 Å². The number of hydrogen-bond donors (Lipinski definition) is 1. The number of thioether (sulfide) groups is 1. The predicted octanol–water partition coefficient (Wildman–Crippen LogP) is 5.85. The zero-order valence-electron chi connectivity index (χ0n) is 16.5. The number of para-hydroxylation sites is 2. The smallest absolute Gasteiger partial charge is 0.238 e. The molecule has 5 rings (SSSR count). The van der Waals surface area contributed by atoms with Crippen molar-refractivity contribution in [3.8, 4) is 11.5 Å². The van der Waals surface area contributed by atoms with Crippen LogP contribution < -0.4 is 10.1 Å². The second-order valence-corrected chi connectivity index (χ2v) is 9.13. The van der Waals surface area contributed by atoms with Crippen LogP contribution in [0.1, 0.15) is 27.6 Å². The number of fused-ring (bicyclic) bond motifs is 2. The molecule has 0 atom stereocenters. The van der Waals surface area contributed by atoms with Crippen molar-refractivity contribution in [2.45, 2.75) is 17.4 Å². The first kappa shape index (κ1) is 19.8. The fourth-order valence-corrected chi connectivity index (χ4v) is 5.35. The number of hydrogen-bond acceptors (Lipinski definition) is 6. The maximum atomic E-state index is 13.3. The lowest BCUT2D eigenvalue weighted by molar-refractivity contribution is -0.116. The fraction of sp³-hybridized carbons (Fsp3) is 0.125. The van der Waals surface area contributed by atoms with Gasteiger partial charge in [-0.15, -0.1) is 22.0 Å². The van der Waals surface area contributed by atoms with E-state index in [1.54, 1.807) is 11.8 Å². The lowest BCUT2D eigenvalue weighted by atomic mass is 9.87. The van der Waals surface area contributed by atoms with Gasteiger partial charge in [-0.3, -0.25) is 10.1 Å². The molecule has 0 bridgehead atoms. The SMILES string of the molecule is O=C(Nc1nnc(CSCc2ccccc2)s1)C1c2ccccc2Oc2ccccc21. The second kappa shape index (κ2) is 8.91. The Morgan fingerprint density at radius 3 is 2.23 bits per heavy atom. The summed E-state index contributed by atoms with van der Waals surface area (Å²) in [5, 5.41) is 12.8. The van der Waals surface area contributed by atoms with E-state index in [9.17, 15) is 4.79 Å². The Kier molecular flexibility index (Phi) is 5.69. The van der Waals surface area contributed by atoms with E-state index in [0.29, 0.717) is 16.6 Å². The van der Waals surface area contributed by atoms with Crippen molar-refractivity contribution in [2.24, 2.45) is 0 Å². The third kappa shape index (κ3) is 4.33. The molecular formula is C24H19N3O2S2. The highest BCUT2D eigenvalue weighted by molar-refractivity contribution is 7.97. The summed E-state index contributed by atoms with van der Waals surface area (Å²) in [6.07, 6.45) is 0. The average Bonchev–Trinajstić information content (AvgIpc) is 3.25. The van der Waals surface area contributed by atoms with Crippen molar-refractivity contribution >= 4 is 34.1 Å². The van der Waals surface area contributed by atoms with Crippen LogP contribution in [-0.2, 0) is 16.3 Å². The first-order valence-corrected chi connectivity index (χ1v) is 11.9. The average molecular weight is 446 g/mol. The number of carbonyl (C=O) groups excluding carboxylic acids is 1. The van der Waals surface area contributed by atoms with Gasteiger partial charge in [0.05, 0.1) is 5.92 Å². The first-order chi connectivity index (χ1) is 15.3. The third-order valence-corrected chi connectivity index (χ3v) is 7.01. The van der Waals surface area contributed by atoms with Crippen molar-refractivity contribution in [3.05, 3.63) is 101 Å². The summed E-state index contributed by atoms with van der Waals surface area (Å²) < 4.78 is 5.98. The van der Waals surface area contributed by atoms with Crippen molar-refractivity contribution in [1.82, 2.24) is 10.2 Å². The van der Waals surface area contributed by atoms with Gasteiger partial charge in [0.2, 0.25) is 11.0 Å². The molecule has 5 nitrogen and oxygen atoms in total. The molecule has 0 aliphatic carbocycles. The third-order valence-electron chi connectivity index (χ3n) is 4.98. The number of benzene rings is 3. The van der Waals surface area contributed by atoms with Gasteiger partial charge < -0.3 is 4.74 Å². The van der Waals surface area contributed by atoms with E-state index in [-0.39, 0.29) is 5.91 Å². The van der Waals surface area contributed by atoms with E-state index in [1.807, 2.05) is 66.7 Å².